The first-order valence-electron chi connectivity index (χ1n) is 7.04. The van der Waals surface area contributed by atoms with Gasteiger partial charge in [-0.15, -0.1) is 0 Å². The van der Waals surface area contributed by atoms with Gasteiger partial charge in [0.2, 0.25) is 11.7 Å². The number of halogens is 1. The highest BCUT2D eigenvalue weighted by Gasteiger charge is 2.21. The van der Waals surface area contributed by atoms with Crippen molar-refractivity contribution in [1.82, 2.24) is 15.0 Å². The van der Waals surface area contributed by atoms with Crippen molar-refractivity contribution in [3.05, 3.63) is 35.5 Å². The van der Waals surface area contributed by atoms with Gasteiger partial charge in [-0.3, -0.25) is 4.90 Å². The van der Waals surface area contributed by atoms with Gasteiger partial charge in [0.15, 0.2) is 0 Å². The highest BCUT2D eigenvalue weighted by molar-refractivity contribution is 5.54. The lowest BCUT2D eigenvalue weighted by molar-refractivity contribution is -0.00852. The Balaban J connectivity index is 1.75. The highest BCUT2D eigenvalue weighted by atomic mass is 19.1. The molecule has 0 radical (unpaired) electrons. The third-order valence-corrected chi connectivity index (χ3v) is 3.74. The van der Waals surface area contributed by atoms with Crippen molar-refractivity contribution < 1.29 is 13.7 Å². The molecule has 2 heterocycles. The average Bonchev–Trinajstić information content (AvgIpc) is 2.93. The number of hydrogen-bond donors (Lipinski definition) is 0. The molecular formula is C15H18FN3O2. The van der Waals surface area contributed by atoms with E-state index in [-0.39, 0.29) is 5.82 Å². The van der Waals surface area contributed by atoms with Gasteiger partial charge < -0.3 is 9.26 Å². The summed E-state index contributed by atoms with van der Waals surface area (Å²) in [5.74, 6) is 0.699. The molecule has 0 bridgehead atoms. The van der Waals surface area contributed by atoms with E-state index in [0.29, 0.717) is 48.6 Å². The largest absolute Gasteiger partial charge is 0.379 e. The quantitative estimate of drug-likeness (QED) is 0.869. The maximum atomic E-state index is 13.6. The van der Waals surface area contributed by atoms with E-state index in [1.54, 1.807) is 19.1 Å². The van der Waals surface area contributed by atoms with Crippen molar-refractivity contribution in [2.45, 2.75) is 26.4 Å². The molecule has 3 rings (SSSR count). The second-order valence-electron chi connectivity index (χ2n) is 5.37. The fourth-order valence-corrected chi connectivity index (χ4v) is 2.34. The van der Waals surface area contributed by atoms with Gasteiger partial charge in [0, 0.05) is 18.2 Å². The van der Waals surface area contributed by atoms with Crippen LogP contribution in [-0.2, 0) is 11.3 Å². The van der Waals surface area contributed by atoms with Crippen LogP contribution in [0.4, 0.5) is 4.39 Å². The summed E-state index contributed by atoms with van der Waals surface area (Å²) in [7, 11) is 0. The molecule has 2 aromatic rings. The molecule has 1 atom stereocenters. The Morgan fingerprint density at radius 2 is 2.29 bits per heavy atom. The van der Waals surface area contributed by atoms with E-state index in [4.69, 9.17) is 9.26 Å². The summed E-state index contributed by atoms with van der Waals surface area (Å²) in [4.78, 5) is 6.59. The molecule has 0 saturated carbocycles. The van der Waals surface area contributed by atoms with Crippen molar-refractivity contribution in [3.63, 3.8) is 0 Å². The number of aromatic nitrogens is 2. The number of morpholine rings is 1. The molecule has 1 aromatic carbocycles. The van der Waals surface area contributed by atoms with Crippen LogP contribution < -0.4 is 0 Å². The van der Waals surface area contributed by atoms with Crippen LogP contribution >= 0.6 is 0 Å². The van der Waals surface area contributed by atoms with Gasteiger partial charge in [0.25, 0.3) is 0 Å². The number of hydrogen-bond acceptors (Lipinski definition) is 5. The molecule has 1 aliphatic rings. The van der Waals surface area contributed by atoms with E-state index in [0.717, 1.165) is 6.54 Å². The molecule has 0 aliphatic carbocycles. The van der Waals surface area contributed by atoms with Gasteiger partial charge in [-0.2, -0.15) is 4.98 Å². The first-order chi connectivity index (χ1) is 10.1. The van der Waals surface area contributed by atoms with Crippen LogP contribution in [0.2, 0.25) is 0 Å². The number of aryl methyl sites for hydroxylation is 1. The van der Waals surface area contributed by atoms with Crippen LogP contribution in [0.15, 0.2) is 22.7 Å². The van der Waals surface area contributed by atoms with Gasteiger partial charge in [-0.25, -0.2) is 4.39 Å². The first-order valence-corrected chi connectivity index (χ1v) is 7.04. The van der Waals surface area contributed by atoms with Gasteiger partial charge in [0.1, 0.15) is 5.82 Å². The monoisotopic (exact) mass is 291 g/mol. The molecule has 5 nitrogen and oxygen atoms in total. The molecule has 1 aliphatic heterocycles. The second kappa shape index (κ2) is 5.91. The fraction of sp³-hybridized carbons (Fsp3) is 0.467. The topological polar surface area (TPSA) is 51.4 Å². The Labute approximate surface area is 122 Å². The zero-order valence-electron chi connectivity index (χ0n) is 12.2. The number of benzene rings is 1. The Morgan fingerprint density at radius 3 is 3.05 bits per heavy atom. The van der Waals surface area contributed by atoms with Crippen molar-refractivity contribution in [2.24, 2.45) is 0 Å². The van der Waals surface area contributed by atoms with Crippen LogP contribution in [0, 0.1) is 12.7 Å². The molecule has 1 unspecified atom stereocenters. The van der Waals surface area contributed by atoms with E-state index in [9.17, 15) is 4.39 Å². The molecule has 112 valence electrons. The summed E-state index contributed by atoms with van der Waals surface area (Å²) in [6, 6.07) is 5.27. The predicted octanol–water partition coefficient (Wildman–Crippen LogP) is 2.40. The average molecular weight is 291 g/mol. The van der Waals surface area contributed by atoms with Gasteiger partial charge >= 0.3 is 0 Å². The number of nitrogens with zero attached hydrogens (tertiary/aromatic N) is 3. The summed E-state index contributed by atoms with van der Waals surface area (Å²) in [5.41, 5.74) is 1.23. The van der Waals surface area contributed by atoms with E-state index < -0.39 is 0 Å². The van der Waals surface area contributed by atoms with Crippen molar-refractivity contribution in [3.8, 4) is 11.4 Å². The van der Waals surface area contributed by atoms with Crippen LogP contribution in [0.1, 0.15) is 18.4 Å². The van der Waals surface area contributed by atoms with Gasteiger partial charge in [0.05, 0.1) is 19.8 Å². The maximum Gasteiger partial charge on any atom is 0.241 e. The smallest absolute Gasteiger partial charge is 0.241 e. The molecule has 0 amide bonds. The van der Waals surface area contributed by atoms with Gasteiger partial charge in [-0.05, 0) is 25.5 Å². The summed E-state index contributed by atoms with van der Waals surface area (Å²) in [6.07, 6.45) is 0. The molecular weight excluding hydrogens is 273 g/mol. The lowest BCUT2D eigenvalue weighted by Crippen LogP contribution is -2.42. The zero-order chi connectivity index (χ0) is 14.8. The summed E-state index contributed by atoms with van der Waals surface area (Å²) in [5, 5.41) is 3.94. The molecule has 1 aromatic heterocycles. The predicted molar refractivity (Wildman–Crippen MR) is 75.1 cm³/mol. The van der Waals surface area contributed by atoms with Crippen LogP contribution in [0.3, 0.4) is 0 Å². The zero-order valence-corrected chi connectivity index (χ0v) is 12.2. The maximum absolute atomic E-state index is 13.6. The minimum Gasteiger partial charge on any atom is -0.379 e. The van der Waals surface area contributed by atoms with E-state index >= 15 is 0 Å². The molecule has 0 N–H and O–H groups in total. The van der Waals surface area contributed by atoms with Crippen molar-refractivity contribution in [2.75, 3.05) is 19.8 Å². The molecule has 21 heavy (non-hydrogen) atoms. The summed E-state index contributed by atoms with van der Waals surface area (Å²) >= 11 is 0. The molecule has 1 saturated heterocycles. The second-order valence-corrected chi connectivity index (χ2v) is 5.37. The number of rotatable bonds is 3. The fourth-order valence-electron chi connectivity index (χ4n) is 2.34. The third-order valence-electron chi connectivity index (χ3n) is 3.74. The van der Waals surface area contributed by atoms with Crippen LogP contribution in [0.25, 0.3) is 11.4 Å². The highest BCUT2D eigenvalue weighted by Crippen LogP contribution is 2.20. The number of ether oxygens (including phenoxy) is 1. The summed E-state index contributed by atoms with van der Waals surface area (Å²) in [6.45, 7) is 6.69. The lowest BCUT2D eigenvalue weighted by Gasteiger charge is -2.31. The molecule has 1 fully saturated rings. The van der Waals surface area contributed by atoms with Crippen molar-refractivity contribution >= 4 is 0 Å². The Kier molecular flexibility index (Phi) is 3.98. The SMILES string of the molecule is Cc1ccc(-c2noc(CN3CCOCC3C)n2)cc1F. The summed E-state index contributed by atoms with van der Waals surface area (Å²) < 4.78 is 24.3. The Bertz CT molecular complexity index is 629. The first kappa shape index (κ1) is 14.2. The van der Waals surface area contributed by atoms with E-state index in [1.807, 2.05) is 0 Å². The minimum atomic E-state index is -0.263. The van der Waals surface area contributed by atoms with Crippen molar-refractivity contribution in [1.29, 1.82) is 0 Å². The third kappa shape index (κ3) is 3.11. The Hall–Kier alpha value is -1.79. The van der Waals surface area contributed by atoms with Crippen LogP contribution in [0.5, 0.6) is 0 Å². The van der Waals surface area contributed by atoms with E-state index in [2.05, 4.69) is 22.0 Å². The lowest BCUT2D eigenvalue weighted by atomic mass is 10.1. The molecule has 6 heteroatoms. The van der Waals surface area contributed by atoms with E-state index in [1.165, 1.54) is 6.07 Å². The standard InChI is InChI=1S/C15H18FN3O2/c1-10-3-4-12(7-13(10)16)15-17-14(21-18-15)8-19-5-6-20-9-11(19)2/h3-4,7,11H,5-6,8-9H2,1-2H3. The minimum absolute atomic E-state index is 0.263. The molecule has 0 spiro atoms. The normalized spacial score (nSPS) is 19.9. The van der Waals surface area contributed by atoms with Crippen LogP contribution in [-0.4, -0.2) is 40.8 Å². The Morgan fingerprint density at radius 1 is 1.43 bits per heavy atom. The van der Waals surface area contributed by atoms with Gasteiger partial charge in [-0.1, -0.05) is 17.3 Å².